The highest BCUT2D eigenvalue weighted by Gasteiger charge is 2.22. The highest BCUT2D eigenvalue weighted by molar-refractivity contribution is 5.85. The zero-order valence-corrected chi connectivity index (χ0v) is 14.4. The van der Waals surface area contributed by atoms with Gasteiger partial charge >= 0.3 is 11.9 Å². The molecule has 10 nitrogen and oxygen atoms in total. The van der Waals surface area contributed by atoms with E-state index >= 15 is 0 Å². The molecule has 0 spiro atoms. The van der Waals surface area contributed by atoms with E-state index in [1.807, 2.05) is 0 Å². The Labute approximate surface area is 159 Å². The lowest BCUT2D eigenvalue weighted by Crippen LogP contribution is -2.41. The van der Waals surface area contributed by atoms with Gasteiger partial charge in [-0.15, -0.1) is 5.43 Å². The molecule has 0 fully saturated rings. The number of aliphatic carboxylic acids is 2. The number of phenols is 2. The number of carbonyl (C=O) groups is 2. The largest absolute Gasteiger partial charge is 0.504 e. The summed E-state index contributed by atoms with van der Waals surface area (Å²) in [6, 6.07) is 11.6. The number of hydrogen-bond donors (Lipinski definition) is 5. The van der Waals surface area contributed by atoms with E-state index in [1.54, 1.807) is 35.8 Å². The summed E-state index contributed by atoms with van der Waals surface area (Å²) in [5.41, 5.74) is 3.00. The van der Waals surface area contributed by atoms with E-state index in [9.17, 15) is 19.7 Å². The van der Waals surface area contributed by atoms with Gasteiger partial charge in [0.2, 0.25) is 0 Å². The fourth-order valence-corrected chi connectivity index (χ4v) is 1.98. The van der Waals surface area contributed by atoms with Gasteiger partial charge in [-0.25, -0.2) is 19.7 Å². The lowest BCUT2D eigenvalue weighted by molar-refractivity contribution is -0.548. The second kappa shape index (κ2) is 10.8. The number of nitro groups is 1. The third-order valence-electron chi connectivity index (χ3n) is 3.26. The summed E-state index contributed by atoms with van der Waals surface area (Å²) in [6.45, 7) is 0. The average Bonchev–Trinajstić information content (AvgIpc) is 2.63. The fraction of sp³-hybridized carbons (Fsp3) is 0.111. The van der Waals surface area contributed by atoms with Gasteiger partial charge in [0.25, 0.3) is 0 Å². The number of hydrazine groups is 1. The summed E-state index contributed by atoms with van der Waals surface area (Å²) in [7, 11) is 0. The fourth-order valence-electron chi connectivity index (χ4n) is 1.98. The van der Waals surface area contributed by atoms with Crippen LogP contribution in [0.15, 0.2) is 54.6 Å². The Morgan fingerprint density at radius 2 is 1.71 bits per heavy atom. The number of nitrogens with zero attached hydrogens (tertiary/aromatic N) is 1. The summed E-state index contributed by atoms with van der Waals surface area (Å²) >= 11 is 0. The Morgan fingerprint density at radius 1 is 1.07 bits per heavy atom. The standard InChI is InChI=1S/C9H10N2O4.C9H8O4/c12-9(13)8(10-11(14)15)6-7-4-2-1-3-5-7;10-7-3-1-6(5-8(7)11)2-4-9(12)13/h1-5,8,10H,6H2,(H,12,13);1-5,10-11H,(H,12,13)/b;4-2+/t8-;/m0./s1. The molecule has 2 aromatic rings. The van der Waals surface area contributed by atoms with Crippen LogP contribution in [0, 0.1) is 10.1 Å². The maximum absolute atomic E-state index is 10.7. The lowest BCUT2D eigenvalue weighted by atomic mass is 10.1. The van der Waals surface area contributed by atoms with Gasteiger partial charge in [-0.2, -0.15) is 0 Å². The predicted molar refractivity (Wildman–Crippen MR) is 98.1 cm³/mol. The molecule has 2 rings (SSSR count). The van der Waals surface area contributed by atoms with Gasteiger partial charge < -0.3 is 20.4 Å². The summed E-state index contributed by atoms with van der Waals surface area (Å²) < 4.78 is 0. The molecule has 0 radical (unpaired) electrons. The number of aromatic hydroxyl groups is 2. The number of carboxylic acids is 2. The topological polar surface area (TPSA) is 170 Å². The van der Waals surface area contributed by atoms with E-state index in [0.29, 0.717) is 5.56 Å². The first kappa shape index (κ1) is 22.0. The molecule has 1 atom stereocenters. The number of hydrogen-bond acceptors (Lipinski definition) is 6. The highest BCUT2D eigenvalue weighted by Crippen LogP contribution is 2.25. The smallest absolute Gasteiger partial charge is 0.332 e. The Bertz CT molecular complexity index is 852. The van der Waals surface area contributed by atoms with Gasteiger partial charge in [0.1, 0.15) is 0 Å². The van der Waals surface area contributed by atoms with Crippen LogP contribution in [0.4, 0.5) is 0 Å². The van der Waals surface area contributed by atoms with Crippen LogP contribution < -0.4 is 5.43 Å². The molecule has 2 aromatic carbocycles. The summed E-state index contributed by atoms with van der Waals surface area (Å²) in [4.78, 5) is 30.9. The van der Waals surface area contributed by atoms with Crippen molar-refractivity contribution in [2.75, 3.05) is 0 Å². The Kier molecular flexibility index (Phi) is 8.48. The van der Waals surface area contributed by atoms with Gasteiger partial charge in [-0.05, 0) is 29.3 Å². The second-order valence-electron chi connectivity index (χ2n) is 5.39. The number of phenolic OH excluding ortho intramolecular Hbond substituents is 2. The van der Waals surface area contributed by atoms with Gasteiger partial charge in [0.15, 0.2) is 22.6 Å². The first-order valence-electron chi connectivity index (χ1n) is 7.79. The Morgan fingerprint density at radius 3 is 2.21 bits per heavy atom. The number of rotatable bonds is 7. The van der Waals surface area contributed by atoms with E-state index in [-0.39, 0.29) is 17.9 Å². The van der Waals surface area contributed by atoms with E-state index in [2.05, 4.69) is 0 Å². The van der Waals surface area contributed by atoms with Gasteiger partial charge in [0.05, 0.1) is 0 Å². The van der Waals surface area contributed by atoms with Gasteiger partial charge in [-0.1, -0.05) is 36.4 Å². The zero-order valence-electron chi connectivity index (χ0n) is 14.4. The first-order chi connectivity index (χ1) is 13.2. The molecular formula is C18H18N2O8. The van der Waals surface area contributed by atoms with E-state index < -0.39 is 23.0 Å². The van der Waals surface area contributed by atoms with Crippen molar-refractivity contribution in [2.45, 2.75) is 12.5 Å². The maximum Gasteiger partial charge on any atom is 0.332 e. The van der Waals surface area contributed by atoms with E-state index in [0.717, 1.165) is 11.6 Å². The first-order valence-corrected chi connectivity index (χ1v) is 7.79. The lowest BCUT2D eigenvalue weighted by Gasteiger charge is -2.08. The highest BCUT2D eigenvalue weighted by atomic mass is 16.7. The molecule has 0 unspecified atom stereocenters. The van der Waals surface area contributed by atoms with Crippen LogP contribution in [-0.2, 0) is 16.0 Å². The predicted octanol–water partition coefficient (Wildman–Crippen LogP) is 1.66. The molecule has 28 heavy (non-hydrogen) atoms. The van der Waals surface area contributed by atoms with Crippen LogP contribution in [0.1, 0.15) is 11.1 Å². The number of carboxylic acid groups (broad SMARTS) is 2. The van der Waals surface area contributed by atoms with E-state index in [4.69, 9.17) is 20.4 Å². The van der Waals surface area contributed by atoms with Crippen molar-refractivity contribution in [3.05, 3.63) is 75.8 Å². The second-order valence-corrected chi connectivity index (χ2v) is 5.39. The van der Waals surface area contributed by atoms with Crippen molar-refractivity contribution in [1.29, 1.82) is 0 Å². The van der Waals surface area contributed by atoms with E-state index in [1.165, 1.54) is 24.3 Å². The minimum absolute atomic E-state index is 0.0805. The molecule has 5 N–H and O–H groups in total. The summed E-state index contributed by atoms with van der Waals surface area (Å²) in [5, 5.41) is 44.3. The van der Waals surface area contributed by atoms with Crippen LogP contribution in [0.25, 0.3) is 6.08 Å². The molecule has 0 aromatic heterocycles. The molecule has 0 amide bonds. The molecule has 148 valence electrons. The molecule has 0 aliphatic rings. The van der Waals surface area contributed by atoms with Gasteiger partial charge in [-0.3, -0.25) is 0 Å². The van der Waals surface area contributed by atoms with Crippen LogP contribution in [0.2, 0.25) is 0 Å². The quantitative estimate of drug-likeness (QED) is 0.204. The van der Waals surface area contributed by atoms with Crippen molar-refractivity contribution < 1.29 is 35.0 Å². The SMILES string of the molecule is O=C(O)/C=C/c1ccc(O)c(O)c1.O=C(O)[C@H](Cc1ccccc1)N[N+](=O)[O-]. The average molecular weight is 390 g/mol. The molecule has 0 heterocycles. The van der Waals surface area contributed by atoms with Crippen molar-refractivity contribution in [3.63, 3.8) is 0 Å². The van der Waals surface area contributed by atoms with Crippen LogP contribution in [0.3, 0.4) is 0 Å². The van der Waals surface area contributed by atoms with Crippen molar-refractivity contribution in [3.8, 4) is 11.5 Å². The van der Waals surface area contributed by atoms with Gasteiger partial charge in [0, 0.05) is 12.5 Å². The molecule has 0 saturated carbocycles. The molecule has 0 aliphatic carbocycles. The van der Waals surface area contributed by atoms with Crippen molar-refractivity contribution in [2.24, 2.45) is 0 Å². The Balaban J connectivity index is 0.000000283. The minimum atomic E-state index is -1.24. The monoisotopic (exact) mass is 390 g/mol. The molecule has 10 heteroatoms. The maximum atomic E-state index is 10.7. The zero-order chi connectivity index (χ0) is 21.1. The van der Waals surface area contributed by atoms with Crippen LogP contribution in [0.5, 0.6) is 11.5 Å². The summed E-state index contributed by atoms with van der Waals surface area (Å²) in [6.07, 6.45) is 2.35. The molecular weight excluding hydrogens is 372 g/mol. The number of nitrogens with one attached hydrogen (secondary N) is 1. The number of benzene rings is 2. The molecule has 0 saturated heterocycles. The third-order valence-corrected chi connectivity index (χ3v) is 3.26. The van der Waals surface area contributed by atoms with Crippen molar-refractivity contribution >= 4 is 18.0 Å². The van der Waals surface area contributed by atoms with Crippen LogP contribution >= 0.6 is 0 Å². The minimum Gasteiger partial charge on any atom is -0.504 e. The van der Waals surface area contributed by atoms with Crippen molar-refractivity contribution in [1.82, 2.24) is 5.43 Å². The molecule has 0 bridgehead atoms. The normalized spacial score (nSPS) is 11.1. The van der Waals surface area contributed by atoms with Crippen LogP contribution in [-0.4, -0.2) is 43.4 Å². The Hall–Kier alpha value is -4.08. The third kappa shape index (κ3) is 8.34. The molecule has 0 aliphatic heterocycles. The summed E-state index contributed by atoms with van der Waals surface area (Å²) in [5.74, 6) is -2.80.